The molecule has 2 heterocycles. The molecule has 4 aliphatic rings. The van der Waals surface area contributed by atoms with Gasteiger partial charge in [-0.05, 0) is 78.0 Å². The fraction of sp³-hybridized carbons (Fsp3) is 0.600. The average molecular weight is 539 g/mol. The maximum absolute atomic E-state index is 14.0. The highest BCUT2D eigenvalue weighted by molar-refractivity contribution is 6.08. The van der Waals surface area contributed by atoms with Crippen LogP contribution in [0.25, 0.3) is 0 Å². The molecule has 0 aromatic heterocycles. The molecule has 9 heteroatoms. The summed E-state index contributed by atoms with van der Waals surface area (Å²) in [6.07, 6.45) is 2.72. The van der Waals surface area contributed by atoms with Gasteiger partial charge in [-0.25, -0.2) is 0 Å². The number of rotatable bonds is 3. The van der Waals surface area contributed by atoms with Crippen LogP contribution >= 0.6 is 0 Å². The van der Waals surface area contributed by atoms with Crippen LogP contribution in [0.15, 0.2) is 23.8 Å². The van der Waals surface area contributed by atoms with Crippen molar-refractivity contribution in [2.45, 2.75) is 71.4 Å². The first-order valence-electron chi connectivity index (χ1n) is 13.5. The molecule has 3 fully saturated rings. The topological polar surface area (TPSA) is 113 Å². The van der Waals surface area contributed by atoms with Crippen molar-refractivity contribution in [3.63, 3.8) is 0 Å². The number of allylic oxidation sites excluding steroid dienone is 2. The molecule has 2 saturated heterocycles. The Bertz CT molecular complexity index is 1280. The molecule has 1 aromatic carbocycles. The highest BCUT2D eigenvalue weighted by Gasteiger charge is 2.63. The molecule has 0 spiro atoms. The summed E-state index contributed by atoms with van der Waals surface area (Å²) in [4.78, 5) is 57.9. The van der Waals surface area contributed by atoms with Crippen molar-refractivity contribution in [2.75, 3.05) is 14.2 Å². The lowest BCUT2D eigenvalue weighted by Gasteiger charge is -2.44. The van der Waals surface area contributed by atoms with Crippen LogP contribution in [0.1, 0.15) is 65.9 Å². The molecule has 1 saturated carbocycles. The molecule has 210 valence electrons. The number of carbonyl (C=O) groups is 4. The van der Waals surface area contributed by atoms with Crippen molar-refractivity contribution in [1.29, 1.82) is 0 Å². The van der Waals surface area contributed by atoms with E-state index in [0.29, 0.717) is 18.4 Å². The number of ether oxygens (including phenoxy) is 2. The zero-order chi connectivity index (χ0) is 28.8. The van der Waals surface area contributed by atoms with E-state index in [4.69, 9.17) is 9.47 Å². The molecule has 1 aromatic rings. The lowest BCUT2D eigenvalue weighted by Crippen LogP contribution is -2.47. The summed E-state index contributed by atoms with van der Waals surface area (Å²) in [6, 6.07) is 3.35. The van der Waals surface area contributed by atoms with Crippen molar-refractivity contribution in [2.24, 2.45) is 29.6 Å². The van der Waals surface area contributed by atoms with Crippen molar-refractivity contribution in [1.82, 2.24) is 9.80 Å². The minimum absolute atomic E-state index is 0.159. The summed E-state index contributed by atoms with van der Waals surface area (Å²) in [5, 5.41) is 10.6. The van der Waals surface area contributed by atoms with Gasteiger partial charge >= 0.3 is 0 Å². The third kappa shape index (κ3) is 3.87. The smallest absolute Gasteiger partial charge is 0.234 e. The summed E-state index contributed by atoms with van der Waals surface area (Å²) in [5.41, 5.74) is 0.167. The Morgan fingerprint density at radius 3 is 1.72 bits per heavy atom. The van der Waals surface area contributed by atoms with Gasteiger partial charge in [0.15, 0.2) is 11.5 Å². The number of likely N-dealkylation sites (tertiary alicyclic amines) is 2. The van der Waals surface area contributed by atoms with E-state index >= 15 is 0 Å². The lowest BCUT2D eigenvalue weighted by molar-refractivity contribution is -0.147. The predicted octanol–water partition coefficient (Wildman–Crippen LogP) is 3.64. The summed E-state index contributed by atoms with van der Waals surface area (Å²) in [6.45, 7) is 11.1. The summed E-state index contributed by atoms with van der Waals surface area (Å²) < 4.78 is 10.8. The molecular weight excluding hydrogens is 500 g/mol. The van der Waals surface area contributed by atoms with E-state index in [0.717, 1.165) is 5.57 Å². The number of fused-ring (bicyclic) bond motifs is 4. The third-order valence-electron chi connectivity index (χ3n) is 8.85. The van der Waals surface area contributed by atoms with Gasteiger partial charge in [-0.2, -0.15) is 0 Å². The van der Waals surface area contributed by atoms with Crippen LogP contribution in [0, 0.1) is 29.6 Å². The predicted molar refractivity (Wildman–Crippen MR) is 142 cm³/mol. The largest absolute Gasteiger partial charge is 0.502 e. The minimum atomic E-state index is -0.718. The number of amides is 4. The van der Waals surface area contributed by atoms with Gasteiger partial charge in [0.2, 0.25) is 29.4 Å². The van der Waals surface area contributed by atoms with Crippen molar-refractivity contribution in [3.05, 3.63) is 29.3 Å². The van der Waals surface area contributed by atoms with Crippen LogP contribution in [0.2, 0.25) is 0 Å². The Balaban J connectivity index is 1.70. The highest BCUT2D eigenvalue weighted by Crippen LogP contribution is 2.59. The van der Waals surface area contributed by atoms with Gasteiger partial charge < -0.3 is 14.6 Å². The third-order valence-corrected chi connectivity index (χ3v) is 8.85. The molecule has 2 aliphatic carbocycles. The van der Waals surface area contributed by atoms with Gasteiger partial charge in [-0.3, -0.25) is 29.0 Å². The fourth-order valence-electron chi connectivity index (χ4n) is 7.38. The second-order valence-corrected chi connectivity index (χ2v) is 13.2. The Labute approximate surface area is 229 Å². The molecule has 6 unspecified atom stereocenters. The van der Waals surface area contributed by atoms with Crippen LogP contribution in [-0.2, 0) is 19.2 Å². The Morgan fingerprint density at radius 1 is 0.744 bits per heavy atom. The Kier molecular flexibility index (Phi) is 6.16. The van der Waals surface area contributed by atoms with Crippen LogP contribution in [-0.4, -0.2) is 63.8 Å². The van der Waals surface area contributed by atoms with Crippen LogP contribution < -0.4 is 9.47 Å². The number of benzene rings is 1. The lowest BCUT2D eigenvalue weighted by atomic mass is 9.57. The first-order valence-corrected chi connectivity index (χ1v) is 13.5. The Hall–Kier alpha value is -3.36. The Morgan fingerprint density at radius 2 is 1.23 bits per heavy atom. The van der Waals surface area contributed by atoms with Crippen molar-refractivity contribution >= 4 is 23.6 Å². The van der Waals surface area contributed by atoms with Crippen molar-refractivity contribution < 1.29 is 33.8 Å². The molecule has 5 rings (SSSR count). The highest BCUT2D eigenvalue weighted by atomic mass is 16.5. The molecule has 4 amide bonds. The number of methoxy groups -OCH3 is 2. The average Bonchev–Trinajstić information content (AvgIpc) is 3.26. The molecule has 0 radical (unpaired) electrons. The molecule has 9 nitrogen and oxygen atoms in total. The number of carbonyl (C=O) groups excluding carboxylic acids is 4. The molecular formula is C30H38N2O7. The van der Waals surface area contributed by atoms with Gasteiger partial charge in [0.25, 0.3) is 0 Å². The fourth-order valence-corrected chi connectivity index (χ4v) is 7.38. The number of phenolic OH excluding ortho intramolecular Hbond substituents is 1. The number of hydrogen-bond donors (Lipinski definition) is 1. The monoisotopic (exact) mass is 538 g/mol. The number of hydrogen-bond acceptors (Lipinski definition) is 7. The van der Waals surface area contributed by atoms with Gasteiger partial charge in [-0.1, -0.05) is 11.6 Å². The van der Waals surface area contributed by atoms with E-state index < -0.39 is 40.7 Å². The van der Waals surface area contributed by atoms with Crippen molar-refractivity contribution in [3.8, 4) is 17.2 Å². The van der Waals surface area contributed by atoms with Crippen LogP contribution in [0.5, 0.6) is 17.2 Å². The standard InChI is InChI=1S/C30H38N2O7/c1-29(2,3)31-25(34)16-10-9-15-17(22(16)27(31)36)13-18-23(28(37)32(26(18)35)30(4,5)6)21(15)14-11-19(38-7)24(33)20(12-14)39-8/h9,11-12,16-18,21-23,33H,10,13H2,1-8H3. The van der Waals surface area contributed by atoms with Gasteiger partial charge in [0.05, 0.1) is 37.9 Å². The van der Waals surface area contributed by atoms with E-state index in [-0.39, 0.29) is 46.8 Å². The summed E-state index contributed by atoms with van der Waals surface area (Å²) in [7, 11) is 2.87. The molecule has 0 bridgehead atoms. The molecule has 1 N–H and O–H groups in total. The summed E-state index contributed by atoms with van der Waals surface area (Å²) >= 11 is 0. The summed E-state index contributed by atoms with van der Waals surface area (Å²) in [5.74, 6) is -3.99. The van der Waals surface area contributed by atoms with Gasteiger partial charge in [0, 0.05) is 17.0 Å². The second-order valence-electron chi connectivity index (χ2n) is 13.2. The van der Waals surface area contributed by atoms with E-state index in [1.54, 1.807) is 12.1 Å². The second kappa shape index (κ2) is 8.83. The van der Waals surface area contributed by atoms with Gasteiger partial charge in [-0.15, -0.1) is 0 Å². The van der Waals surface area contributed by atoms with Gasteiger partial charge in [0.1, 0.15) is 0 Å². The van der Waals surface area contributed by atoms with E-state index in [1.165, 1.54) is 24.0 Å². The normalized spacial score (nSPS) is 30.7. The first-order chi connectivity index (χ1) is 18.1. The maximum atomic E-state index is 14.0. The molecule has 6 atom stereocenters. The van der Waals surface area contributed by atoms with Crippen LogP contribution in [0.4, 0.5) is 0 Å². The SMILES string of the molecule is COc1cc(C2C3=CCC4C(=O)N(C(C)(C)C)C(=O)C4C3CC3C(=O)N(C(C)(C)C)C(=O)C32)cc(OC)c1O. The van der Waals surface area contributed by atoms with E-state index in [2.05, 4.69) is 0 Å². The minimum Gasteiger partial charge on any atom is -0.502 e. The van der Waals surface area contributed by atoms with Crippen LogP contribution in [0.3, 0.4) is 0 Å². The molecule has 39 heavy (non-hydrogen) atoms. The zero-order valence-corrected chi connectivity index (χ0v) is 23.9. The first kappa shape index (κ1) is 27.2. The zero-order valence-electron chi connectivity index (χ0n) is 23.9. The maximum Gasteiger partial charge on any atom is 0.234 e. The van der Waals surface area contributed by atoms with E-state index in [1.807, 2.05) is 47.6 Å². The number of nitrogens with zero attached hydrogens (tertiary/aromatic N) is 2. The number of imide groups is 2. The molecule has 2 aliphatic heterocycles. The number of aromatic hydroxyl groups is 1. The number of phenols is 1. The van der Waals surface area contributed by atoms with E-state index in [9.17, 15) is 24.3 Å². The quantitative estimate of drug-likeness (QED) is 0.462.